The van der Waals surface area contributed by atoms with Gasteiger partial charge in [0, 0.05) is 29.5 Å². The fourth-order valence-corrected chi connectivity index (χ4v) is 3.55. The minimum atomic E-state index is -3.37. The van der Waals surface area contributed by atoms with Gasteiger partial charge < -0.3 is 14.5 Å². The van der Waals surface area contributed by atoms with Crippen LogP contribution in [0, 0.1) is 0 Å². The Morgan fingerprint density at radius 2 is 1.90 bits per heavy atom. The summed E-state index contributed by atoms with van der Waals surface area (Å²) in [6, 6.07) is 12.5. The summed E-state index contributed by atoms with van der Waals surface area (Å²) >= 11 is 0. The van der Waals surface area contributed by atoms with E-state index in [2.05, 4.69) is 5.32 Å². The summed E-state index contributed by atoms with van der Waals surface area (Å²) in [6.45, 7) is 3.69. The monoisotopic (exact) mass is 415 g/mol. The van der Waals surface area contributed by atoms with Crippen molar-refractivity contribution in [3.63, 3.8) is 0 Å². The lowest BCUT2D eigenvalue weighted by Gasteiger charge is -2.11. The van der Waals surface area contributed by atoms with Crippen LogP contribution >= 0.6 is 0 Å². The number of hydrogen-bond donors (Lipinski definition) is 1. The zero-order chi connectivity index (χ0) is 21.2. The van der Waals surface area contributed by atoms with E-state index in [0.29, 0.717) is 17.0 Å². The maximum atomic E-state index is 12.1. The molecule has 7 nitrogen and oxygen atoms in total. The minimum absolute atomic E-state index is 0.113. The van der Waals surface area contributed by atoms with Crippen molar-refractivity contribution in [2.24, 2.45) is 0 Å². The number of nitrogens with one attached hydrogen (secondary N) is 1. The Morgan fingerprint density at radius 3 is 2.59 bits per heavy atom. The van der Waals surface area contributed by atoms with E-state index in [-0.39, 0.29) is 17.4 Å². The molecule has 0 spiro atoms. The van der Waals surface area contributed by atoms with Gasteiger partial charge in [0.1, 0.15) is 11.3 Å². The number of anilines is 1. The van der Waals surface area contributed by atoms with Crippen molar-refractivity contribution in [3.8, 4) is 5.75 Å². The summed E-state index contributed by atoms with van der Waals surface area (Å²) in [7, 11) is -3.37. The van der Waals surface area contributed by atoms with Crippen LogP contribution in [-0.4, -0.2) is 27.2 Å². The van der Waals surface area contributed by atoms with Gasteiger partial charge >= 0.3 is 5.63 Å². The molecule has 1 aromatic heterocycles. The van der Waals surface area contributed by atoms with Crippen LogP contribution in [0.15, 0.2) is 62.6 Å². The van der Waals surface area contributed by atoms with E-state index >= 15 is 0 Å². The number of fused-ring (bicyclic) bond motifs is 1. The van der Waals surface area contributed by atoms with Crippen molar-refractivity contribution in [2.75, 3.05) is 18.2 Å². The van der Waals surface area contributed by atoms with E-state index in [0.717, 1.165) is 17.2 Å². The highest BCUT2D eigenvalue weighted by molar-refractivity contribution is 7.90. The van der Waals surface area contributed by atoms with Crippen LogP contribution in [0.25, 0.3) is 11.0 Å². The molecule has 3 aromatic rings. The summed E-state index contributed by atoms with van der Waals surface area (Å²) in [4.78, 5) is 24.0. The fourth-order valence-electron chi connectivity index (χ4n) is 2.89. The zero-order valence-corrected chi connectivity index (χ0v) is 17.1. The predicted octanol–water partition coefficient (Wildman–Crippen LogP) is 3.34. The van der Waals surface area contributed by atoms with Crippen molar-refractivity contribution < 1.29 is 22.4 Å². The van der Waals surface area contributed by atoms with Gasteiger partial charge in [0.05, 0.1) is 4.90 Å². The number of sulfone groups is 1. The molecule has 0 radical (unpaired) electrons. The fraction of sp³-hybridized carbons (Fsp3) is 0.238. The Bertz CT molecular complexity index is 1230. The molecule has 0 fully saturated rings. The molecule has 1 N–H and O–H groups in total. The van der Waals surface area contributed by atoms with Crippen LogP contribution in [0.4, 0.5) is 5.69 Å². The SMILES string of the molecule is CC(C)c1cc(=O)oc2cc(OCC(=O)Nc3cccc(S(C)(=O)=O)c3)ccc12. The first-order valence-electron chi connectivity index (χ1n) is 8.94. The maximum absolute atomic E-state index is 12.1. The van der Waals surface area contributed by atoms with Gasteiger partial charge in [-0.3, -0.25) is 4.79 Å². The third kappa shape index (κ3) is 5.03. The van der Waals surface area contributed by atoms with Gasteiger partial charge in [0.2, 0.25) is 0 Å². The second-order valence-corrected chi connectivity index (χ2v) is 8.99. The van der Waals surface area contributed by atoms with Gasteiger partial charge in [-0.2, -0.15) is 0 Å². The molecule has 8 heteroatoms. The molecule has 1 heterocycles. The van der Waals surface area contributed by atoms with Crippen LogP contribution in [0.2, 0.25) is 0 Å². The highest BCUT2D eigenvalue weighted by atomic mass is 32.2. The van der Waals surface area contributed by atoms with Crippen molar-refractivity contribution in [1.29, 1.82) is 0 Å². The number of hydrogen-bond acceptors (Lipinski definition) is 6. The lowest BCUT2D eigenvalue weighted by atomic mass is 10.00. The lowest BCUT2D eigenvalue weighted by Crippen LogP contribution is -2.20. The molecule has 3 rings (SSSR count). The summed E-state index contributed by atoms with van der Waals surface area (Å²) in [6.07, 6.45) is 1.10. The van der Waals surface area contributed by atoms with Crippen LogP contribution in [0.1, 0.15) is 25.3 Å². The number of carbonyl (C=O) groups excluding carboxylic acids is 1. The molecular weight excluding hydrogens is 394 g/mol. The molecule has 0 aliphatic carbocycles. The molecule has 0 bridgehead atoms. The van der Waals surface area contributed by atoms with Gasteiger partial charge in [0.25, 0.3) is 5.91 Å². The molecule has 29 heavy (non-hydrogen) atoms. The van der Waals surface area contributed by atoms with Gasteiger partial charge in [0.15, 0.2) is 16.4 Å². The van der Waals surface area contributed by atoms with Gasteiger partial charge in [-0.25, -0.2) is 13.2 Å². The Morgan fingerprint density at radius 1 is 1.14 bits per heavy atom. The molecule has 0 atom stereocenters. The average Bonchev–Trinajstić information content (AvgIpc) is 2.64. The first kappa shape index (κ1) is 20.6. The highest BCUT2D eigenvalue weighted by Crippen LogP contribution is 2.27. The molecule has 0 saturated carbocycles. The summed E-state index contributed by atoms with van der Waals surface area (Å²) in [5.41, 5.74) is 1.18. The Kier molecular flexibility index (Phi) is 5.74. The van der Waals surface area contributed by atoms with Gasteiger partial charge in [-0.15, -0.1) is 0 Å². The van der Waals surface area contributed by atoms with E-state index in [1.807, 2.05) is 13.8 Å². The van der Waals surface area contributed by atoms with E-state index in [1.54, 1.807) is 30.3 Å². The molecule has 1 amide bonds. The van der Waals surface area contributed by atoms with Crippen molar-refractivity contribution in [3.05, 3.63) is 64.5 Å². The Hall–Kier alpha value is -3.13. The van der Waals surface area contributed by atoms with Crippen molar-refractivity contribution in [2.45, 2.75) is 24.7 Å². The Labute approximate surface area is 168 Å². The molecule has 0 aliphatic heterocycles. The Balaban J connectivity index is 1.72. The first-order chi connectivity index (χ1) is 13.6. The summed E-state index contributed by atoms with van der Waals surface area (Å²) in [5, 5.41) is 3.41. The topological polar surface area (TPSA) is 103 Å². The van der Waals surface area contributed by atoms with Crippen LogP contribution in [0.3, 0.4) is 0 Å². The number of amides is 1. The molecular formula is C21H21NO6S. The number of rotatable bonds is 6. The van der Waals surface area contributed by atoms with Crippen molar-refractivity contribution in [1.82, 2.24) is 0 Å². The van der Waals surface area contributed by atoms with Crippen LogP contribution < -0.4 is 15.7 Å². The molecule has 2 aromatic carbocycles. The third-order valence-corrected chi connectivity index (χ3v) is 5.40. The first-order valence-corrected chi connectivity index (χ1v) is 10.8. The highest BCUT2D eigenvalue weighted by Gasteiger charge is 2.12. The van der Waals surface area contributed by atoms with E-state index < -0.39 is 21.4 Å². The average molecular weight is 415 g/mol. The number of carbonyl (C=O) groups is 1. The van der Waals surface area contributed by atoms with Crippen LogP contribution in [-0.2, 0) is 14.6 Å². The number of ether oxygens (including phenoxy) is 1. The van der Waals surface area contributed by atoms with Gasteiger partial charge in [-0.05, 0) is 41.8 Å². The van der Waals surface area contributed by atoms with Crippen LogP contribution in [0.5, 0.6) is 5.75 Å². The van der Waals surface area contributed by atoms with Gasteiger partial charge in [-0.1, -0.05) is 19.9 Å². The van der Waals surface area contributed by atoms with E-state index in [9.17, 15) is 18.0 Å². The summed E-state index contributed by atoms with van der Waals surface area (Å²) < 4.78 is 34.0. The summed E-state index contributed by atoms with van der Waals surface area (Å²) in [5.74, 6) is 0.0802. The zero-order valence-electron chi connectivity index (χ0n) is 16.3. The minimum Gasteiger partial charge on any atom is -0.484 e. The lowest BCUT2D eigenvalue weighted by molar-refractivity contribution is -0.118. The predicted molar refractivity (Wildman–Crippen MR) is 110 cm³/mol. The molecule has 0 aliphatic rings. The number of benzene rings is 2. The second-order valence-electron chi connectivity index (χ2n) is 6.97. The van der Waals surface area contributed by atoms with E-state index in [4.69, 9.17) is 9.15 Å². The second kappa shape index (κ2) is 8.08. The normalized spacial score (nSPS) is 11.6. The van der Waals surface area contributed by atoms with Crippen molar-refractivity contribution >= 4 is 32.4 Å². The van der Waals surface area contributed by atoms with E-state index in [1.165, 1.54) is 18.2 Å². The third-order valence-electron chi connectivity index (χ3n) is 4.29. The largest absolute Gasteiger partial charge is 0.484 e. The smallest absolute Gasteiger partial charge is 0.336 e. The maximum Gasteiger partial charge on any atom is 0.336 e. The molecule has 0 saturated heterocycles. The molecule has 0 unspecified atom stereocenters. The quantitative estimate of drug-likeness (QED) is 0.620. The standard InChI is InChI=1S/C21H21NO6S/c1-13(2)18-11-21(24)28-19-10-15(7-8-17(18)19)27-12-20(23)22-14-5-4-6-16(9-14)29(3,25)26/h4-11,13H,12H2,1-3H3,(H,22,23). The molecule has 152 valence electrons.